The van der Waals surface area contributed by atoms with Gasteiger partial charge in [-0.3, -0.25) is 0 Å². The fourth-order valence-electron chi connectivity index (χ4n) is 1.22. The van der Waals surface area contributed by atoms with Gasteiger partial charge in [0.25, 0.3) is 6.43 Å². The second-order valence-corrected chi connectivity index (χ2v) is 3.82. The van der Waals surface area contributed by atoms with Gasteiger partial charge in [0.1, 0.15) is 5.82 Å². The summed E-state index contributed by atoms with van der Waals surface area (Å²) in [7, 11) is 0. The van der Waals surface area contributed by atoms with Crippen LogP contribution in [0.15, 0.2) is 0 Å². The largest absolute Gasteiger partial charge is 0.299 e. The van der Waals surface area contributed by atoms with Crippen molar-refractivity contribution in [2.45, 2.75) is 46.1 Å². The standard InChI is InChI=1S/C9H15F2N3/c1-5(2)9-12-8(7(10)11)13-14(9)6(3)4/h5-7H,1-4H3. The maximum Gasteiger partial charge on any atom is 0.299 e. The summed E-state index contributed by atoms with van der Waals surface area (Å²) < 4.78 is 26.3. The zero-order valence-electron chi connectivity index (χ0n) is 8.83. The van der Waals surface area contributed by atoms with Crippen LogP contribution in [0.2, 0.25) is 0 Å². The molecule has 0 aromatic carbocycles. The molecule has 0 aliphatic rings. The van der Waals surface area contributed by atoms with Crippen LogP contribution in [0.25, 0.3) is 0 Å². The van der Waals surface area contributed by atoms with Gasteiger partial charge in [0.05, 0.1) is 0 Å². The SMILES string of the molecule is CC(C)c1nc(C(F)F)nn1C(C)C. The van der Waals surface area contributed by atoms with Crippen molar-refractivity contribution in [2.24, 2.45) is 0 Å². The molecule has 0 spiro atoms. The lowest BCUT2D eigenvalue weighted by Crippen LogP contribution is -2.09. The molecule has 1 heterocycles. The Hall–Kier alpha value is -1.00. The van der Waals surface area contributed by atoms with E-state index in [0.717, 1.165) is 0 Å². The predicted molar refractivity (Wildman–Crippen MR) is 49.5 cm³/mol. The first-order valence-electron chi connectivity index (χ1n) is 4.68. The van der Waals surface area contributed by atoms with Gasteiger partial charge >= 0.3 is 0 Å². The van der Waals surface area contributed by atoms with Crippen LogP contribution in [0.1, 0.15) is 57.7 Å². The molecule has 0 aliphatic carbocycles. The van der Waals surface area contributed by atoms with Crippen LogP contribution in [0.5, 0.6) is 0 Å². The zero-order chi connectivity index (χ0) is 10.9. The average Bonchev–Trinajstić information content (AvgIpc) is 2.47. The van der Waals surface area contributed by atoms with Crippen molar-refractivity contribution < 1.29 is 8.78 Å². The third-order valence-corrected chi connectivity index (χ3v) is 1.87. The van der Waals surface area contributed by atoms with Crippen LogP contribution in [0, 0.1) is 0 Å². The van der Waals surface area contributed by atoms with Gasteiger partial charge in [-0.05, 0) is 13.8 Å². The first-order chi connectivity index (χ1) is 6.43. The maximum absolute atomic E-state index is 12.3. The first-order valence-corrected chi connectivity index (χ1v) is 4.68. The summed E-state index contributed by atoms with van der Waals surface area (Å²) in [5.41, 5.74) is 0. The van der Waals surface area contributed by atoms with Gasteiger partial charge in [-0.15, -0.1) is 5.10 Å². The van der Waals surface area contributed by atoms with E-state index in [4.69, 9.17) is 0 Å². The zero-order valence-corrected chi connectivity index (χ0v) is 8.83. The number of rotatable bonds is 3. The van der Waals surface area contributed by atoms with Gasteiger partial charge in [-0.25, -0.2) is 18.4 Å². The third-order valence-electron chi connectivity index (χ3n) is 1.87. The molecular formula is C9H15F2N3. The summed E-state index contributed by atoms with van der Waals surface area (Å²) in [6.45, 7) is 7.63. The molecule has 1 aromatic heterocycles. The Balaban J connectivity index is 3.12. The van der Waals surface area contributed by atoms with Crippen molar-refractivity contribution in [2.75, 3.05) is 0 Å². The summed E-state index contributed by atoms with van der Waals surface area (Å²) in [4.78, 5) is 3.83. The second kappa shape index (κ2) is 4.02. The van der Waals surface area contributed by atoms with Gasteiger partial charge < -0.3 is 0 Å². The lowest BCUT2D eigenvalue weighted by Gasteiger charge is -2.10. The molecule has 1 aromatic rings. The molecule has 0 atom stereocenters. The van der Waals surface area contributed by atoms with E-state index in [1.165, 1.54) is 0 Å². The van der Waals surface area contributed by atoms with Crippen molar-refractivity contribution in [3.8, 4) is 0 Å². The topological polar surface area (TPSA) is 30.7 Å². The Morgan fingerprint density at radius 3 is 2.00 bits per heavy atom. The fourth-order valence-corrected chi connectivity index (χ4v) is 1.22. The summed E-state index contributed by atoms with van der Waals surface area (Å²) >= 11 is 0. The number of halogens is 2. The molecular weight excluding hydrogens is 188 g/mol. The molecule has 0 fully saturated rings. The number of nitrogens with zero attached hydrogens (tertiary/aromatic N) is 3. The highest BCUT2D eigenvalue weighted by molar-refractivity contribution is 4.99. The van der Waals surface area contributed by atoms with Gasteiger partial charge in [0.15, 0.2) is 0 Å². The van der Waals surface area contributed by atoms with Crippen molar-refractivity contribution in [3.63, 3.8) is 0 Å². The van der Waals surface area contributed by atoms with Crippen molar-refractivity contribution in [1.29, 1.82) is 0 Å². The lowest BCUT2D eigenvalue weighted by atomic mass is 10.2. The molecule has 0 amide bonds. The Morgan fingerprint density at radius 2 is 1.71 bits per heavy atom. The van der Waals surface area contributed by atoms with Crippen LogP contribution < -0.4 is 0 Å². The second-order valence-electron chi connectivity index (χ2n) is 3.82. The van der Waals surface area contributed by atoms with E-state index in [0.29, 0.717) is 5.82 Å². The highest BCUT2D eigenvalue weighted by Gasteiger charge is 2.20. The van der Waals surface area contributed by atoms with Crippen LogP contribution in [0.4, 0.5) is 8.78 Å². The van der Waals surface area contributed by atoms with E-state index in [1.807, 2.05) is 27.7 Å². The summed E-state index contributed by atoms with van der Waals surface area (Å²) in [5.74, 6) is 0.357. The van der Waals surface area contributed by atoms with E-state index in [1.54, 1.807) is 4.68 Å². The van der Waals surface area contributed by atoms with Crippen molar-refractivity contribution in [1.82, 2.24) is 14.8 Å². The molecule has 0 saturated carbocycles. The van der Waals surface area contributed by atoms with E-state index < -0.39 is 6.43 Å². The minimum Gasteiger partial charge on any atom is -0.247 e. The Morgan fingerprint density at radius 1 is 1.14 bits per heavy atom. The Bertz CT molecular complexity index is 280. The quantitative estimate of drug-likeness (QED) is 0.756. The average molecular weight is 203 g/mol. The molecule has 14 heavy (non-hydrogen) atoms. The molecule has 5 heteroatoms. The van der Waals surface area contributed by atoms with Crippen molar-refractivity contribution >= 4 is 0 Å². The fraction of sp³-hybridized carbons (Fsp3) is 0.778. The minimum absolute atomic E-state index is 0.0624. The van der Waals surface area contributed by atoms with Gasteiger partial charge in [-0.2, -0.15) is 0 Å². The summed E-state index contributed by atoms with van der Waals surface area (Å²) in [6.07, 6.45) is -2.59. The van der Waals surface area contributed by atoms with E-state index in [9.17, 15) is 8.78 Å². The normalized spacial score (nSPS) is 12.1. The highest BCUT2D eigenvalue weighted by Crippen LogP contribution is 2.21. The first kappa shape index (κ1) is 11.1. The molecule has 0 radical (unpaired) electrons. The minimum atomic E-state index is -2.59. The van der Waals surface area contributed by atoms with Gasteiger partial charge in [0.2, 0.25) is 5.82 Å². The highest BCUT2D eigenvalue weighted by atomic mass is 19.3. The number of hydrogen-bond acceptors (Lipinski definition) is 2. The van der Waals surface area contributed by atoms with Gasteiger partial charge in [0, 0.05) is 12.0 Å². The Kier molecular flexibility index (Phi) is 3.18. The monoisotopic (exact) mass is 203 g/mol. The molecule has 0 unspecified atom stereocenters. The number of alkyl halides is 2. The maximum atomic E-state index is 12.3. The molecule has 80 valence electrons. The van der Waals surface area contributed by atoms with Crippen molar-refractivity contribution in [3.05, 3.63) is 11.6 Å². The number of aromatic nitrogens is 3. The van der Waals surface area contributed by atoms with E-state index in [-0.39, 0.29) is 17.8 Å². The number of hydrogen-bond donors (Lipinski definition) is 0. The predicted octanol–water partition coefficient (Wildman–Crippen LogP) is 2.92. The Labute approximate surface area is 82.1 Å². The third kappa shape index (κ3) is 2.08. The summed E-state index contributed by atoms with van der Waals surface area (Å²) in [5, 5.41) is 3.79. The smallest absolute Gasteiger partial charge is 0.247 e. The van der Waals surface area contributed by atoms with Crippen LogP contribution >= 0.6 is 0 Å². The molecule has 0 saturated heterocycles. The molecule has 3 nitrogen and oxygen atoms in total. The molecule has 0 N–H and O–H groups in total. The molecule has 0 aliphatic heterocycles. The van der Waals surface area contributed by atoms with E-state index >= 15 is 0 Å². The van der Waals surface area contributed by atoms with Crippen LogP contribution in [0.3, 0.4) is 0 Å². The molecule has 0 bridgehead atoms. The summed E-state index contributed by atoms with van der Waals surface area (Å²) in [6, 6.07) is 0.0624. The van der Waals surface area contributed by atoms with E-state index in [2.05, 4.69) is 10.1 Å². The van der Waals surface area contributed by atoms with Crippen LogP contribution in [-0.2, 0) is 0 Å². The van der Waals surface area contributed by atoms with Gasteiger partial charge in [-0.1, -0.05) is 13.8 Å². The van der Waals surface area contributed by atoms with Crippen LogP contribution in [-0.4, -0.2) is 14.8 Å². The molecule has 1 rings (SSSR count). The lowest BCUT2D eigenvalue weighted by molar-refractivity contribution is 0.139.